The van der Waals surface area contributed by atoms with Crippen molar-refractivity contribution in [2.45, 2.75) is 11.8 Å². The van der Waals surface area contributed by atoms with Crippen LogP contribution in [0.25, 0.3) is 0 Å². The molecular weight excluding hydrogens is 438 g/mol. The van der Waals surface area contributed by atoms with Gasteiger partial charge in [-0.05, 0) is 35.4 Å². The van der Waals surface area contributed by atoms with Crippen LogP contribution in [0.5, 0.6) is 0 Å². The number of carbonyl (C=O) groups excluding carboxylic acids is 2. The Hall–Kier alpha value is -2.98. The third kappa shape index (κ3) is 3.12. The number of rotatable bonds is 3. The van der Waals surface area contributed by atoms with Crippen molar-refractivity contribution in [1.82, 2.24) is 0 Å². The summed E-state index contributed by atoms with van der Waals surface area (Å²) in [6.07, 6.45) is 4.23. The van der Waals surface area contributed by atoms with Gasteiger partial charge in [0.15, 0.2) is 0 Å². The Morgan fingerprint density at radius 3 is 1.47 bits per heavy atom. The summed E-state index contributed by atoms with van der Waals surface area (Å²) in [4.78, 5) is 28.7. The predicted molar refractivity (Wildman–Crippen MR) is 121 cm³/mol. The molecule has 1 aliphatic carbocycles. The van der Waals surface area contributed by atoms with Gasteiger partial charge in [-0.25, -0.2) is 4.90 Å². The first kappa shape index (κ1) is 19.0. The summed E-state index contributed by atoms with van der Waals surface area (Å²) < 4.78 is 0.911. The summed E-state index contributed by atoms with van der Waals surface area (Å²) in [5.41, 5.74) is 2.75. The third-order valence-corrected chi connectivity index (χ3v) is 6.68. The Balaban J connectivity index is 1.63. The molecule has 4 heteroatoms. The van der Waals surface area contributed by atoms with E-state index in [0.29, 0.717) is 5.69 Å². The van der Waals surface area contributed by atoms with E-state index in [9.17, 15) is 9.59 Å². The number of hydrogen-bond acceptors (Lipinski definition) is 2. The van der Waals surface area contributed by atoms with E-state index in [1.807, 2.05) is 84.9 Å². The summed E-state index contributed by atoms with van der Waals surface area (Å²) in [6, 6.07) is 27.4. The monoisotopic (exact) mass is 457 g/mol. The Kier molecular flexibility index (Phi) is 4.87. The number of nitrogens with zero attached hydrogens (tertiary/aromatic N) is 1. The molecule has 1 aliphatic heterocycles. The molecule has 3 aromatic rings. The molecule has 0 N–H and O–H groups in total. The number of allylic oxidation sites excluding steroid dienone is 2. The second-order valence-corrected chi connectivity index (χ2v) is 8.71. The summed E-state index contributed by atoms with van der Waals surface area (Å²) >= 11 is 3.43. The highest BCUT2D eigenvalue weighted by atomic mass is 79.9. The van der Waals surface area contributed by atoms with E-state index in [2.05, 4.69) is 28.1 Å². The molecule has 2 aliphatic rings. The Morgan fingerprint density at radius 2 is 1.03 bits per heavy atom. The number of carbonyl (C=O) groups is 2. The molecule has 1 fully saturated rings. The van der Waals surface area contributed by atoms with Gasteiger partial charge in [-0.2, -0.15) is 0 Å². The van der Waals surface area contributed by atoms with Crippen LogP contribution in [0.2, 0.25) is 0 Å². The van der Waals surface area contributed by atoms with E-state index < -0.39 is 11.8 Å². The quantitative estimate of drug-likeness (QED) is 0.374. The predicted octanol–water partition coefficient (Wildman–Crippen LogP) is 5.69. The topological polar surface area (TPSA) is 37.4 Å². The van der Waals surface area contributed by atoms with E-state index in [0.717, 1.165) is 15.6 Å². The second kappa shape index (κ2) is 7.69. The number of imide groups is 1. The fraction of sp³-hybridized carbons (Fsp3) is 0.154. The average Bonchev–Trinajstić information content (AvgIpc) is 3.06. The molecule has 30 heavy (non-hydrogen) atoms. The highest BCUT2D eigenvalue weighted by molar-refractivity contribution is 9.10. The first-order valence-electron chi connectivity index (χ1n) is 10.1. The van der Waals surface area contributed by atoms with Crippen molar-refractivity contribution in [3.05, 3.63) is 113 Å². The maximum absolute atomic E-state index is 13.7. The molecular formula is C26H20BrNO2. The van der Waals surface area contributed by atoms with Crippen LogP contribution < -0.4 is 4.90 Å². The Morgan fingerprint density at radius 1 is 0.600 bits per heavy atom. The largest absolute Gasteiger partial charge is 0.274 e. The van der Waals surface area contributed by atoms with Crippen molar-refractivity contribution < 1.29 is 9.59 Å². The van der Waals surface area contributed by atoms with Crippen LogP contribution in [-0.2, 0) is 9.59 Å². The summed E-state index contributed by atoms with van der Waals surface area (Å²) in [7, 11) is 0. The number of amides is 2. The number of halogens is 1. The number of benzene rings is 3. The van der Waals surface area contributed by atoms with Gasteiger partial charge in [0.2, 0.25) is 11.8 Å². The fourth-order valence-electron chi connectivity index (χ4n) is 4.78. The lowest BCUT2D eigenvalue weighted by Crippen LogP contribution is -2.31. The minimum absolute atomic E-state index is 0.118. The molecule has 0 bridgehead atoms. The first-order chi connectivity index (χ1) is 14.6. The lowest BCUT2D eigenvalue weighted by atomic mass is 9.68. The molecule has 3 nitrogen and oxygen atoms in total. The van der Waals surface area contributed by atoms with E-state index in [-0.39, 0.29) is 23.7 Å². The molecule has 0 radical (unpaired) electrons. The number of hydrogen-bond donors (Lipinski definition) is 0. The van der Waals surface area contributed by atoms with Crippen molar-refractivity contribution in [1.29, 1.82) is 0 Å². The molecule has 1 heterocycles. The first-order valence-corrected chi connectivity index (χ1v) is 10.9. The lowest BCUT2D eigenvalue weighted by Gasteiger charge is -2.32. The smallest absolute Gasteiger partial charge is 0.238 e. The van der Waals surface area contributed by atoms with Crippen molar-refractivity contribution in [2.24, 2.45) is 11.8 Å². The molecule has 0 saturated carbocycles. The molecule has 0 spiro atoms. The molecule has 2 amide bonds. The molecule has 4 atom stereocenters. The molecule has 1 saturated heterocycles. The van der Waals surface area contributed by atoms with Crippen molar-refractivity contribution in [3.63, 3.8) is 0 Å². The zero-order chi connectivity index (χ0) is 20.7. The zero-order valence-electron chi connectivity index (χ0n) is 16.2. The van der Waals surface area contributed by atoms with Crippen molar-refractivity contribution in [2.75, 3.05) is 4.90 Å². The molecule has 0 unspecified atom stereocenters. The zero-order valence-corrected chi connectivity index (χ0v) is 17.8. The van der Waals surface area contributed by atoms with E-state index in [1.165, 1.54) is 4.90 Å². The van der Waals surface area contributed by atoms with Crippen LogP contribution in [0.1, 0.15) is 23.0 Å². The van der Waals surface area contributed by atoms with Crippen LogP contribution in [0, 0.1) is 11.8 Å². The van der Waals surface area contributed by atoms with Gasteiger partial charge in [-0.3, -0.25) is 9.59 Å². The SMILES string of the molecule is O=C1[C@H]2[C@H](C(=O)N1c1ccc(Br)cc1)[C@@H](c1ccccc1)C=C[C@@H]2c1ccccc1. The fourth-order valence-corrected chi connectivity index (χ4v) is 5.04. The summed E-state index contributed by atoms with van der Waals surface area (Å²) in [5.74, 6) is -1.31. The van der Waals surface area contributed by atoms with Gasteiger partial charge < -0.3 is 0 Å². The Labute approximate surface area is 184 Å². The van der Waals surface area contributed by atoms with Crippen LogP contribution in [0.4, 0.5) is 5.69 Å². The second-order valence-electron chi connectivity index (χ2n) is 7.80. The lowest BCUT2D eigenvalue weighted by molar-refractivity contribution is -0.122. The van der Waals surface area contributed by atoms with Gasteiger partial charge >= 0.3 is 0 Å². The van der Waals surface area contributed by atoms with Gasteiger partial charge in [0.05, 0.1) is 17.5 Å². The standard InChI is InChI=1S/C26H20BrNO2/c27-19-11-13-20(14-12-19)28-25(29)23-21(17-7-3-1-4-8-17)15-16-22(24(23)26(28)30)18-9-5-2-6-10-18/h1-16,21-24H/t21-,22-,23-,24-/m1/s1. The number of anilines is 1. The molecule has 0 aromatic heterocycles. The molecule has 3 aromatic carbocycles. The summed E-state index contributed by atoms with van der Waals surface area (Å²) in [5, 5.41) is 0. The van der Waals surface area contributed by atoms with Crippen molar-refractivity contribution in [3.8, 4) is 0 Å². The highest BCUT2D eigenvalue weighted by Crippen LogP contribution is 2.50. The van der Waals surface area contributed by atoms with Gasteiger partial charge in [0.1, 0.15) is 0 Å². The van der Waals surface area contributed by atoms with Gasteiger partial charge in [0.25, 0.3) is 0 Å². The molecule has 148 valence electrons. The van der Waals surface area contributed by atoms with Gasteiger partial charge in [-0.1, -0.05) is 88.7 Å². The van der Waals surface area contributed by atoms with Crippen molar-refractivity contribution >= 4 is 33.4 Å². The average molecular weight is 458 g/mol. The highest BCUT2D eigenvalue weighted by Gasteiger charge is 2.55. The minimum atomic E-state index is -0.418. The summed E-state index contributed by atoms with van der Waals surface area (Å²) in [6.45, 7) is 0. The Bertz CT molecular complexity index is 1040. The van der Waals surface area contributed by atoms with E-state index in [1.54, 1.807) is 0 Å². The van der Waals surface area contributed by atoms with E-state index in [4.69, 9.17) is 0 Å². The van der Waals surface area contributed by atoms with Gasteiger partial charge in [0, 0.05) is 16.3 Å². The maximum Gasteiger partial charge on any atom is 0.238 e. The number of fused-ring (bicyclic) bond motifs is 1. The van der Waals surface area contributed by atoms with Gasteiger partial charge in [-0.15, -0.1) is 0 Å². The molecule has 5 rings (SSSR count). The van der Waals surface area contributed by atoms with Crippen LogP contribution in [-0.4, -0.2) is 11.8 Å². The maximum atomic E-state index is 13.7. The van der Waals surface area contributed by atoms with Crippen LogP contribution >= 0.6 is 15.9 Å². The van der Waals surface area contributed by atoms with Crippen LogP contribution in [0.3, 0.4) is 0 Å². The minimum Gasteiger partial charge on any atom is -0.274 e. The van der Waals surface area contributed by atoms with E-state index >= 15 is 0 Å². The van der Waals surface area contributed by atoms with Crippen LogP contribution in [0.15, 0.2) is 102 Å². The third-order valence-electron chi connectivity index (χ3n) is 6.15. The normalized spacial score (nSPS) is 25.4.